The first kappa shape index (κ1) is 22.7. The van der Waals surface area contributed by atoms with Crippen molar-refractivity contribution in [3.05, 3.63) is 113 Å². The number of rotatable bonds is 7. The van der Waals surface area contributed by atoms with Crippen molar-refractivity contribution in [2.75, 3.05) is 6.61 Å². The standard InChI is InChI=1S/C30H24FNO3/c31-23-15-12-21(13-16-23)27(33)11-6-18-35-30(34)28-24-9-4-5-10-26(24)32-29-22(14-17-25(28)29)19-20-7-2-1-3-8-20/h1-5,7-10,12-13,15-16,19H,6,11,14,17-18H2/b22-19-. The second-order valence-electron chi connectivity index (χ2n) is 8.58. The highest BCUT2D eigenvalue weighted by atomic mass is 19.1. The van der Waals surface area contributed by atoms with Crippen molar-refractivity contribution in [3.63, 3.8) is 0 Å². The Morgan fingerprint density at radius 1 is 0.914 bits per heavy atom. The van der Waals surface area contributed by atoms with Crippen molar-refractivity contribution in [3.8, 4) is 0 Å². The maximum Gasteiger partial charge on any atom is 0.339 e. The lowest BCUT2D eigenvalue weighted by Gasteiger charge is -2.12. The smallest absolute Gasteiger partial charge is 0.339 e. The van der Waals surface area contributed by atoms with Crippen LogP contribution in [0.5, 0.6) is 0 Å². The molecule has 1 heterocycles. The van der Waals surface area contributed by atoms with E-state index in [0.717, 1.165) is 46.1 Å². The van der Waals surface area contributed by atoms with Crippen molar-refractivity contribution >= 4 is 34.3 Å². The van der Waals surface area contributed by atoms with Crippen LogP contribution in [0.1, 0.15) is 56.8 Å². The van der Waals surface area contributed by atoms with Crippen LogP contribution < -0.4 is 0 Å². The van der Waals surface area contributed by atoms with Crippen LogP contribution in [0, 0.1) is 5.82 Å². The van der Waals surface area contributed by atoms with Gasteiger partial charge in [-0.05, 0) is 72.4 Å². The summed E-state index contributed by atoms with van der Waals surface area (Å²) in [5.74, 6) is -0.878. The summed E-state index contributed by atoms with van der Waals surface area (Å²) in [5.41, 5.74) is 5.74. The Hall–Kier alpha value is -4.12. The molecule has 0 atom stereocenters. The van der Waals surface area contributed by atoms with Gasteiger partial charge in [0.05, 0.1) is 23.4 Å². The number of para-hydroxylation sites is 1. The number of ketones is 1. The minimum absolute atomic E-state index is 0.105. The summed E-state index contributed by atoms with van der Waals surface area (Å²) in [6, 6.07) is 23.2. The number of carbonyl (C=O) groups is 2. The van der Waals surface area contributed by atoms with Crippen LogP contribution in [-0.4, -0.2) is 23.3 Å². The molecule has 1 aromatic heterocycles. The van der Waals surface area contributed by atoms with E-state index in [-0.39, 0.29) is 24.6 Å². The molecule has 0 saturated carbocycles. The zero-order valence-corrected chi connectivity index (χ0v) is 19.2. The lowest BCUT2D eigenvalue weighted by Crippen LogP contribution is -2.12. The summed E-state index contributed by atoms with van der Waals surface area (Å²) in [5, 5.41) is 0.777. The van der Waals surface area contributed by atoms with Crippen molar-refractivity contribution in [1.29, 1.82) is 0 Å². The summed E-state index contributed by atoms with van der Waals surface area (Å²) in [6.45, 7) is 0.129. The maximum atomic E-state index is 13.2. The van der Waals surface area contributed by atoms with E-state index in [1.165, 1.54) is 24.3 Å². The predicted molar refractivity (Wildman–Crippen MR) is 135 cm³/mol. The first-order chi connectivity index (χ1) is 17.1. The minimum atomic E-state index is -0.393. The summed E-state index contributed by atoms with van der Waals surface area (Å²) in [6.07, 6.45) is 4.27. The Morgan fingerprint density at radius 3 is 2.46 bits per heavy atom. The normalized spacial score (nSPS) is 13.7. The van der Waals surface area contributed by atoms with Gasteiger partial charge in [-0.3, -0.25) is 4.79 Å². The van der Waals surface area contributed by atoms with Gasteiger partial charge in [0.2, 0.25) is 0 Å². The highest BCUT2D eigenvalue weighted by Crippen LogP contribution is 2.37. The number of esters is 1. The molecule has 1 aliphatic rings. The van der Waals surface area contributed by atoms with Crippen molar-refractivity contribution in [1.82, 2.24) is 4.98 Å². The molecule has 0 spiro atoms. The molecule has 0 amide bonds. The second kappa shape index (κ2) is 10.0. The average molecular weight is 466 g/mol. The Kier molecular flexibility index (Phi) is 6.49. The number of halogens is 1. The quantitative estimate of drug-likeness (QED) is 0.174. The molecule has 1 aliphatic carbocycles. The van der Waals surface area contributed by atoms with Gasteiger partial charge < -0.3 is 4.74 Å². The van der Waals surface area contributed by atoms with E-state index in [1.54, 1.807) is 0 Å². The molecule has 174 valence electrons. The van der Waals surface area contributed by atoms with Crippen LogP contribution >= 0.6 is 0 Å². The monoisotopic (exact) mass is 465 g/mol. The summed E-state index contributed by atoms with van der Waals surface area (Å²) in [7, 11) is 0. The summed E-state index contributed by atoms with van der Waals surface area (Å²) >= 11 is 0. The number of carbonyl (C=O) groups excluding carboxylic acids is 2. The molecular formula is C30H24FNO3. The van der Waals surface area contributed by atoms with Crippen LogP contribution in [0.4, 0.5) is 4.39 Å². The first-order valence-corrected chi connectivity index (χ1v) is 11.7. The van der Waals surface area contributed by atoms with E-state index in [1.807, 2.05) is 42.5 Å². The fourth-order valence-electron chi connectivity index (χ4n) is 4.51. The number of aromatic nitrogens is 1. The predicted octanol–water partition coefficient (Wildman–Crippen LogP) is 6.68. The highest BCUT2D eigenvalue weighted by Gasteiger charge is 2.27. The Balaban J connectivity index is 1.35. The minimum Gasteiger partial charge on any atom is -0.462 e. The van der Waals surface area contributed by atoms with E-state index < -0.39 is 5.97 Å². The molecule has 3 aromatic carbocycles. The van der Waals surface area contributed by atoms with Crippen molar-refractivity contribution in [2.45, 2.75) is 25.7 Å². The van der Waals surface area contributed by atoms with Gasteiger partial charge in [-0.15, -0.1) is 0 Å². The zero-order chi connectivity index (χ0) is 24.2. The largest absolute Gasteiger partial charge is 0.462 e. The van der Waals surface area contributed by atoms with Gasteiger partial charge in [-0.1, -0.05) is 48.5 Å². The topological polar surface area (TPSA) is 56.3 Å². The number of nitrogens with zero attached hydrogens (tertiary/aromatic N) is 1. The number of hydrogen-bond donors (Lipinski definition) is 0. The first-order valence-electron chi connectivity index (χ1n) is 11.7. The number of pyridine rings is 1. The number of benzene rings is 3. The average Bonchev–Trinajstić information content (AvgIpc) is 3.27. The zero-order valence-electron chi connectivity index (χ0n) is 19.2. The van der Waals surface area contributed by atoms with Crippen LogP contribution in [0.2, 0.25) is 0 Å². The fourth-order valence-corrected chi connectivity index (χ4v) is 4.51. The van der Waals surface area contributed by atoms with Crippen molar-refractivity contribution < 1.29 is 18.7 Å². The number of allylic oxidation sites excluding steroid dienone is 1. The van der Waals surface area contributed by atoms with Gasteiger partial charge in [0.1, 0.15) is 5.82 Å². The molecule has 5 heteroatoms. The van der Waals surface area contributed by atoms with Crippen molar-refractivity contribution in [2.24, 2.45) is 0 Å². The van der Waals surface area contributed by atoms with Gasteiger partial charge in [0, 0.05) is 17.4 Å². The third kappa shape index (κ3) is 4.90. The molecule has 0 radical (unpaired) electrons. The number of hydrogen-bond acceptors (Lipinski definition) is 4. The SMILES string of the molecule is O=C(CCCOC(=O)c1c2c(nc3ccccc13)/C(=C\c1ccccc1)CC2)c1ccc(F)cc1. The number of fused-ring (bicyclic) bond motifs is 2. The molecule has 0 aliphatic heterocycles. The molecule has 0 saturated heterocycles. The highest BCUT2D eigenvalue weighted by molar-refractivity contribution is 6.07. The van der Waals surface area contributed by atoms with Gasteiger partial charge in [-0.2, -0.15) is 0 Å². The van der Waals surface area contributed by atoms with Gasteiger partial charge in [-0.25, -0.2) is 14.2 Å². The summed E-state index contributed by atoms with van der Waals surface area (Å²) in [4.78, 5) is 30.4. The van der Waals surface area contributed by atoms with Gasteiger partial charge in [0.15, 0.2) is 5.78 Å². The second-order valence-corrected chi connectivity index (χ2v) is 8.58. The molecular weight excluding hydrogens is 441 g/mol. The molecule has 0 bridgehead atoms. The summed E-state index contributed by atoms with van der Waals surface area (Å²) < 4.78 is 18.7. The molecule has 0 unspecified atom stereocenters. The van der Waals surface area contributed by atoms with E-state index in [4.69, 9.17) is 9.72 Å². The molecule has 0 N–H and O–H groups in total. The van der Waals surface area contributed by atoms with Crippen LogP contribution in [0.15, 0.2) is 78.9 Å². The van der Waals surface area contributed by atoms with E-state index in [9.17, 15) is 14.0 Å². The molecule has 4 nitrogen and oxygen atoms in total. The van der Waals surface area contributed by atoms with E-state index >= 15 is 0 Å². The molecule has 0 fully saturated rings. The van der Waals surface area contributed by atoms with Crippen LogP contribution in [0.3, 0.4) is 0 Å². The Labute approximate surface area is 203 Å². The lowest BCUT2D eigenvalue weighted by molar-refractivity contribution is 0.0495. The van der Waals surface area contributed by atoms with Crippen LogP contribution in [-0.2, 0) is 11.2 Å². The van der Waals surface area contributed by atoms with Gasteiger partial charge in [0.25, 0.3) is 0 Å². The maximum absolute atomic E-state index is 13.2. The Bertz CT molecular complexity index is 1430. The Morgan fingerprint density at radius 2 is 1.66 bits per heavy atom. The molecule has 4 aromatic rings. The van der Waals surface area contributed by atoms with E-state index in [2.05, 4.69) is 18.2 Å². The third-order valence-electron chi connectivity index (χ3n) is 6.23. The molecule has 5 rings (SSSR count). The molecule has 35 heavy (non-hydrogen) atoms. The number of Topliss-reactive ketones (excluding diaryl/α,β-unsaturated/α-hetero) is 1. The van der Waals surface area contributed by atoms with Gasteiger partial charge >= 0.3 is 5.97 Å². The number of ether oxygens (including phenoxy) is 1. The van der Waals surface area contributed by atoms with Crippen LogP contribution in [0.25, 0.3) is 22.6 Å². The van der Waals surface area contributed by atoms with E-state index in [0.29, 0.717) is 17.5 Å². The fraction of sp³-hybridized carbons (Fsp3) is 0.167. The lowest BCUT2D eigenvalue weighted by atomic mass is 10.0. The third-order valence-corrected chi connectivity index (χ3v) is 6.23.